The fourth-order valence-corrected chi connectivity index (χ4v) is 4.04. The van der Waals surface area contributed by atoms with Crippen LogP contribution in [-0.4, -0.2) is 35.8 Å². The van der Waals surface area contributed by atoms with Crippen molar-refractivity contribution in [1.82, 2.24) is 4.90 Å². The minimum absolute atomic E-state index is 0.0509. The van der Waals surface area contributed by atoms with E-state index < -0.39 is 5.91 Å². The molecule has 0 atom stereocenters. The molecule has 0 saturated heterocycles. The number of amides is 3. The van der Waals surface area contributed by atoms with E-state index in [1.807, 2.05) is 0 Å². The van der Waals surface area contributed by atoms with Gasteiger partial charge in [0.2, 0.25) is 0 Å². The van der Waals surface area contributed by atoms with E-state index in [1.165, 1.54) is 18.1 Å². The summed E-state index contributed by atoms with van der Waals surface area (Å²) in [6.07, 6.45) is 4.86. The first-order chi connectivity index (χ1) is 14.0. The van der Waals surface area contributed by atoms with Crippen molar-refractivity contribution in [2.45, 2.75) is 38.1 Å². The van der Waals surface area contributed by atoms with Gasteiger partial charge in [0, 0.05) is 17.7 Å². The van der Waals surface area contributed by atoms with Crippen molar-refractivity contribution in [2.24, 2.45) is 0 Å². The van der Waals surface area contributed by atoms with Crippen molar-refractivity contribution in [3.05, 3.63) is 53.1 Å². The SMILES string of the molecule is COc1ccc(N)c(NC(=O)c2ccc3c(c2)C(=O)N(C2CCCCC2)C3=O)c1. The summed E-state index contributed by atoms with van der Waals surface area (Å²) in [5, 5.41) is 2.74. The van der Waals surface area contributed by atoms with Gasteiger partial charge in [0.05, 0.1) is 29.6 Å². The highest BCUT2D eigenvalue weighted by Crippen LogP contribution is 2.32. The van der Waals surface area contributed by atoms with E-state index in [0.29, 0.717) is 22.7 Å². The first-order valence-electron chi connectivity index (χ1n) is 9.76. The maximum Gasteiger partial charge on any atom is 0.261 e. The molecule has 29 heavy (non-hydrogen) atoms. The Bertz CT molecular complexity index is 996. The zero-order valence-electron chi connectivity index (χ0n) is 16.2. The van der Waals surface area contributed by atoms with Gasteiger partial charge in [-0.05, 0) is 43.2 Å². The molecule has 4 rings (SSSR count). The predicted molar refractivity (Wildman–Crippen MR) is 109 cm³/mol. The Morgan fingerprint density at radius 1 is 1.03 bits per heavy atom. The normalized spacial score (nSPS) is 16.7. The number of hydrogen-bond acceptors (Lipinski definition) is 5. The molecule has 7 heteroatoms. The number of nitrogens with two attached hydrogens (primary N) is 1. The molecule has 1 heterocycles. The standard InChI is InChI=1S/C22H23N3O4/c1-29-15-8-10-18(23)19(12-15)24-20(26)13-7-9-16-17(11-13)22(28)25(21(16)27)14-5-3-2-4-6-14/h7-12,14H,2-6,23H2,1H3,(H,24,26). The molecule has 3 N–H and O–H groups in total. The fraction of sp³-hybridized carbons (Fsp3) is 0.318. The van der Waals surface area contributed by atoms with Crippen LogP contribution in [0.25, 0.3) is 0 Å². The summed E-state index contributed by atoms with van der Waals surface area (Å²) in [6, 6.07) is 9.52. The van der Waals surface area contributed by atoms with Crippen LogP contribution in [-0.2, 0) is 0 Å². The maximum absolute atomic E-state index is 12.9. The third-order valence-corrected chi connectivity index (χ3v) is 5.63. The highest BCUT2D eigenvalue weighted by Gasteiger charge is 2.40. The summed E-state index contributed by atoms with van der Waals surface area (Å²) in [4.78, 5) is 39.8. The molecular weight excluding hydrogens is 370 g/mol. The summed E-state index contributed by atoms with van der Waals surface area (Å²) >= 11 is 0. The number of hydrogen-bond donors (Lipinski definition) is 2. The summed E-state index contributed by atoms with van der Waals surface area (Å²) in [5.74, 6) is -0.426. The number of carbonyl (C=O) groups excluding carboxylic acids is 3. The van der Waals surface area contributed by atoms with Crippen molar-refractivity contribution in [1.29, 1.82) is 0 Å². The lowest BCUT2D eigenvalue weighted by Gasteiger charge is -2.29. The van der Waals surface area contributed by atoms with Crippen LogP contribution >= 0.6 is 0 Å². The Kier molecular flexibility index (Phi) is 4.96. The zero-order valence-corrected chi connectivity index (χ0v) is 16.2. The first-order valence-corrected chi connectivity index (χ1v) is 9.76. The van der Waals surface area contributed by atoms with Crippen LogP contribution in [0.2, 0.25) is 0 Å². The van der Waals surface area contributed by atoms with Crippen LogP contribution in [0, 0.1) is 0 Å². The van der Waals surface area contributed by atoms with Crippen LogP contribution in [0.1, 0.15) is 63.2 Å². The Balaban J connectivity index is 1.58. The number of nitrogen functional groups attached to an aromatic ring is 1. The molecule has 1 aliphatic carbocycles. The molecule has 0 bridgehead atoms. The van der Waals surface area contributed by atoms with E-state index in [-0.39, 0.29) is 29.0 Å². The van der Waals surface area contributed by atoms with Crippen molar-refractivity contribution in [3.8, 4) is 5.75 Å². The lowest BCUT2D eigenvalue weighted by Crippen LogP contribution is -2.40. The second-order valence-electron chi connectivity index (χ2n) is 7.44. The quantitative estimate of drug-likeness (QED) is 0.612. The topological polar surface area (TPSA) is 102 Å². The zero-order chi connectivity index (χ0) is 20.5. The molecule has 150 valence electrons. The van der Waals surface area contributed by atoms with Gasteiger partial charge in [-0.15, -0.1) is 0 Å². The number of ether oxygens (including phenoxy) is 1. The Labute approximate surface area is 168 Å². The van der Waals surface area contributed by atoms with Crippen LogP contribution in [0.5, 0.6) is 5.75 Å². The monoisotopic (exact) mass is 393 g/mol. The van der Waals surface area contributed by atoms with Crippen molar-refractivity contribution < 1.29 is 19.1 Å². The summed E-state index contributed by atoms with van der Waals surface area (Å²) < 4.78 is 5.16. The molecule has 0 spiro atoms. The molecule has 0 unspecified atom stereocenters. The number of imide groups is 1. The molecule has 3 amide bonds. The van der Waals surface area contributed by atoms with Crippen LogP contribution in [0.15, 0.2) is 36.4 Å². The maximum atomic E-state index is 12.9. The molecular formula is C22H23N3O4. The third kappa shape index (κ3) is 3.44. The lowest BCUT2D eigenvalue weighted by molar-refractivity contribution is 0.0549. The fourth-order valence-electron chi connectivity index (χ4n) is 4.04. The number of carbonyl (C=O) groups is 3. The van der Waals surface area contributed by atoms with Crippen LogP contribution in [0.4, 0.5) is 11.4 Å². The summed E-state index contributed by atoms with van der Waals surface area (Å²) in [5.41, 5.74) is 7.67. The average molecular weight is 393 g/mol. The van der Waals surface area contributed by atoms with Gasteiger partial charge < -0.3 is 15.8 Å². The number of nitrogens with one attached hydrogen (secondary N) is 1. The Hall–Kier alpha value is -3.35. The number of rotatable bonds is 4. The van der Waals surface area contributed by atoms with E-state index in [0.717, 1.165) is 32.1 Å². The molecule has 1 fully saturated rings. The molecule has 1 aliphatic heterocycles. The van der Waals surface area contributed by atoms with Gasteiger partial charge in [-0.2, -0.15) is 0 Å². The van der Waals surface area contributed by atoms with E-state index >= 15 is 0 Å². The average Bonchev–Trinajstić information content (AvgIpc) is 3.00. The van der Waals surface area contributed by atoms with Crippen molar-refractivity contribution in [2.75, 3.05) is 18.2 Å². The molecule has 2 aromatic rings. The van der Waals surface area contributed by atoms with Gasteiger partial charge in [-0.25, -0.2) is 0 Å². The van der Waals surface area contributed by atoms with Crippen LogP contribution < -0.4 is 15.8 Å². The number of anilines is 2. The molecule has 0 aromatic heterocycles. The highest BCUT2D eigenvalue weighted by molar-refractivity contribution is 6.22. The van der Waals surface area contributed by atoms with Gasteiger partial charge in [0.15, 0.2) is 0 Å². The smallest absolute Gasteiger partial charge is 0.261 e. The second kappa shape index (κ2) is 7.58. The second-order valence-corrected chi connectivity index (χ2v) is 7.44. The van der Waals surface area contributed by atoms with Crippen molar-refractivity contribution >= 4 is 29.1 Å². The molecule has 2 aliphatic rings. The minimum Gasteiger partial charge on any atom is -0.497 e. The highest BCUT2D eigenvalue weighted by atomic mass is 16.5. The Morgan fingerprint density at radius 2 is 1.76 bits per heavy atom. The largest absolute Gasteiger partial charge is 0.497 e. The Morgan fingerprint density at radius 3 is 2.48 bits per heavy atom. The van der Waals surface area contributed by atoms with E-state index in [9.17, 15) is 14.4 Å². The molecule has 1 saturated carbocycles. The summed E-state index contributed by atoms with van der Waals surface area (Å²) in [7, 11) is 1.53. The molecule has 2 aromatic carbocycles. The van der Waals surface area contributed by atoms with Crippen molar-refractivity contribution in [3.63, 3.8) is 0 Å². The number of fused-ring (bicyclic) bond motifs is 1. The first kappa shape index (κ1) is 19.0. The van der Waals surface area contributed by atoms with Gasteiger partial charge in [-0.1, -0.05) is 19.3 Å². The van der Waals surface area contributed by atoms with E-state index in [4.69, 9.17) is 10.5 Å². The summed E-state index contributed by atoms with van der Waals surface area (Å²) in [6.45, 7) is 0. The third-order valence-electron chi connectivity index (χ3n) is 5.63. The predicted octanol–water partition coefficient (Wildman–Crippen LogP) is 3.46. The van der Waals surface area contributed by atoms with Crippen LogP contribution in [0.3, 0.4) is 0 Å². The van der Waals surface area contributed by atoms with Gasteiger partial charge in [0.1, 0.15) is 5.75 Å². The lowest BCUT2D eigenvalue weighted by atomic mass is 9.94. The molecule has 0 radical (unpaired) electrons. The van der Waals surface area contributed by atoms with E-state index in [2.05, 4.69) is 5.32 Å². The number of methoxy groups -OCH3 is 1. The van der Waals surface area contributed by atoms with E-state index in [1.54, 1.807) is 30.3 Å². The van der Waals surface area contributed by atoms with Gasteiger partial charge in [0.25, 0.3) is 17.7 Å². The van der Waals surface area contributed by atoms with Gasteiger partial charge in [-0.3, -0.25) is 19.3 Å². The number of benzene rings is 2. The number of nitrogens with zero attached hydrogens (tertiary/aromatic N) is 1. The minimum atomic E-state index is -0.413. The van der Waals surface area contributed by atoms with Gasteiger partial charge >= 0.3 is 0 Å². The molecule has 7 nitrogen and oxygen atoms in total.